The highest BCUT2D eigenvalue weighted by atomic mass is 32.2. The van der Waals surface area contributed by atoms with Crippen molar-refractivity contribution in [1.82, 2.24) is 0 Å². The predicted octanol–water partition coefficient (Wildman–Crippen LogP) is 1.73. The lowest BCUT2D eigenvalue weighted by Crippen LogP contribution is -2.09. The van der Waals surface area contributed by atoms with Crippen molar-refractivity contribution in [2.24, 2.45) is 0 Å². The van der Waals surface area contributed by atoms with Gasteiger partial charge in [-0.3, -0.25) is 0 Å². The summed E-state index contributed by atoms with van der Waals surface area (Å²) in [5.74, 6) is 0. The average molecular weight is 311 g/mol. The molecule has 0 atom stereocenters. The van der Waals surface area contributed by atoms with Crippen LogP contribution in [0.5, 0.6) is 0 Å². The fourth-order valence-electron chi connectivity index (χ4n) is 1.72. The fraction of sp³-hybridized carbons (Fsp3) is 0.0769. The molecule has 0 amide bonds. The molecule has 0 saturated heterocycles. The average Bonchev–Trinajstić information content (AvgIpc) is 2.38. The molecule has 0 fully saturated rings. The van der Waals surface area contributed by atoms with Crippen molar-refractivity contribution < 1.29 is 21.4 Å². The molecule has 0 aliphatic heterocycles. The van der Waals surface area contributed by atoms with Crippen LogP contribution in [0.3, 0.4) is 0 Å². The van der Waals surface area contributed by atoms with E-state index in [9.17, 15) is 21.4 Å². The molecule has 0 aliphatic rings. The molecule has 0 spiro atoms. The van der Waals surface area contributed by atoms with Gasteiger partial charge < -0.3 is 4.55 Å². The van der Waals surface area contributed by atoms with Gasteiger partial charge in [0.15, 0.2) is 0 Å². The Hall–Kier alpha value is -1.70. The monoisotopic (exact) mass is 311 g/mol. The molecule has 106 valence electrons. The van der Waals surface area contributed by atoms with Crippen LogP contribution in [-0.4, -0.2) is 21.4 Å². The third-order valence-electron chi connectivity index (χ3n) is 2.74. The summed E-state index contributed by atoms with van der Waals surface area (Å²) in [4.78, 5) is -1.29. The van der Waals surface area contributed by atoms with Crippen molar-refractivity contribution in [3.8, 4) is 0 Å². The van der Waals surface area contributed by atoms with Gasteiger partial charge in [-0.1, -0.05) is 29.8 Å². The molecule has 0 unspecified atom stereocenters. The van der Waals surface area contributed by atoms with E-state index in [1.54, 1.807) is 19.1 Å². The first-order valence-electron chi connectivity index (χ1n) is 5.59. The van der Waals surface area contributed by atoms with Crippen molar-refractivity contribution in [1.29, 1.82) is 0 Å². The maximum absolute atomic E-state index is 12.4. The summed E-state index contributed by atoms with van der Waals surface area (Å²) in [6.07, 6.45) is 0. The highest BCUT2D eigenvalue weighted by molar-refractivity contribution is 7.92. The molecule has 2 rings (SSSR count). The second kappa shape index (κ2) is 5.01. The molecule has 0 aromatic heterocycles. The van der Waals surface area contributed by atoms with E-state index in [4.69, 9.17) is 0 Å². The Morgan fingerprint density at radius 1 is 0.800 bits per heavy atom. The maximum Gasteiger partial charge on any atom is 0.207 e. The third kappa shape index (κ3) is 2.74. The van der Waals surface area contributed by atoms with Gasteiger partial charge >= 0.3 is 0 Å². The van der Waals surface area contributed by atoms with Crippen LogP contribution in [0.4, 0.5) is 0 Å². The van der Waals surface area contributed by atoms with Crippen molar-refractivity contribution in [3.63, 3.8) is 0 Å². The van der Waals surface area contributed by atoms with E-state index in [1.807, 2.05) is 0 Å². The molecule has 20 heavy (non-hydrogen) atoms. The second-order valence-electron chi connectivity index (χ2n) is 4.22. The lowest BCUT2D eigenvalue weighted by molar-refractivity contribution is 0.460. The van der Waals surface area contributed by atoms with E-state index in [0.717, 1.165) is 17.7 Å². The zero-order valence-electron chi connectivity index (χ0n) is 10.5. The fourth-order valence-corrected chi connectivity index (χ4v) is 4.26. The van der Waals surface area contributed by atoms with Gasteiger partial charge in [-0.15, -0.1) is 0 Å². The number of benzene rings is 2. The van der Waals surface area contributed by atoms with Crippen LogP contribution in [0, 0.1) is 6.92 Å². The van der Waals surface area contributed by atoms with E-state index in [2.05, 4.69) is 0 Å². The van der Waals surface area contributed by atoms with Gasteiger partial charge in [0.25, 0.3) is 0 Å². The van der Waals surface area contributed by atoms with Crippen LogP contribution in [-0.2, 0) is 20.0 Å². The van der Waals surface area contributed by atoms with Gasteiger partial charge in [-0.25, -0.2) is 16.8 Å². The van der Waals surface area contributed by atoms with Crippen LogP contribution in [0.15, 0.2) is 63.2 Å². The number of hydrogen-bond acceptors (Lipinski definition) is 5. The number of sulfone groups is 1. The molecule has 0 aliphatic carbocycles. The summed E-state index contributed by atoms with van der Waals surface area (Å²) in [6.45, 7) is 1.80. The maximum atomic E-state index is 12.4. The minimum atomic E-state index is -4.86. The zero-order valence-corrected chi connectivity index (χ0v) is 12.1. The van der Waals surface area contributed by atoms with E-state index in [-0.39, 0.29) is 4.90 Å². The molecule has 0 radical (unpaired) electrons. The highest BCUT2D eigenvalue weighted by Crippen LogP contribution is 2.26. The topological polar surface area (TPSA) is 91.3 Å². The lowest BCUT2D eigenvalue weighted by atomic mass is 10.2. The SMILES string of the molecule is Cc1ccc(S(=O)(=O)c2ccccc2S(=O)(=O)[O-])cc1. The van der Waals surface area contributed by atoms with Crippen LogP contribution in [0.2, 0.25) is 0 Å². The molecule has 7 heteroatoms. The smallest absolute Gasteiger partial charge is 0.207 e. The molecule has 0 heterocycles. The molecule has 0 bridgehead atoms. The summed E-state index contributed by atoms with van der Waals surface area (Å²) in [7, 11) is -8.91. The van der Waals surface area contributed by atoms with Gasteiger partial charge in [0.2, 0.25) is 9.84 Å². The predicted molar refractivity (Wildman–Crippen MR) is 71.0 cm³/mol. The third-order valence-corrected chi connectivity index (χ3v) is 5.59. The van der Waals surface area contributed by atoms with Crippen molar-refractivity contribution >= 4 is 20.0 Å². The Bertz CT molecular complexity index is 835. The Morgan fingerprint density at radius 2 is 1.30 bits per heavy atom. The summed E-state index contributed by atoms with van der Waals surface area (Å²) in [5.41, 5.74) is 0.869. The van der Waals surface area contributed by atoms with Gasteiger partial charge in [0.05, 0.1) is 14.7 Å². The van der Waals surface area contributed by atoms with Crippen LogP contribution < -0.4 is 0 Å². The minimum Gasteiger partial charge on any atom is -0.744 e. The molecule has 2 aromatic carbocycles. The van der Waals surface area contributed by atoms with E-state index in [1.165, 1.54) is 24.3 Å². The largest absolute Gasteiger partial charge is 0.744 e. The zero-order chi connectivity index (χ0) is 15.0. The van der Waals surface area contributed by atoms with Crippen molar-refractivity contribution in [3.05, 3.63) is 54.1 Å². The Morgan fingerprint density at radius 3 is 1.80 bits per heavy atom. The normalized spacial score (nSPS) is 12.3. The van der Waals surface area contributed by atoms with E-state index >= 15 is 0 Å². The number of hydrogen-bond donors (Lipinski definition) is 0. The highest BCUT2D eigenvalue weighted by Gasteiger charge is 2.23. The molecular weight excluding hydrogens is 300 g/mol. The second-order valence-corrected chi connectivity index (χ2v) is 7.48. The first-order chi connectivity index (χ1) is 9.23. The molecule has 0 saturated carbocycles. The first-order valence-corrected chi connectivity index (χ1v) is 8.49. The Kier molecular flexibility index (Phi) is 3.68. The van der Waals surface area contributed by atoms with Gasteiger partial charge in [0, 0.05) is 0 Å². The van der Waals surface area contributed by atoms with Crippen LogP contribution >= 0.6 is 0 Å². The Labute approximate surface area is 117 Å². The van der Waals surface area contributed by atoms with Gasteiger partial charge in [-0.05, 0) is 31.2 Å². The summed E-state index contributed by atoms with van der Waals surface area (Å²) in [6, 6.07) is 10.7. The Balaban J connectivity index is 2.71. The standard InChI is InChI=1S/C13H12O5S2/c1-10-6-8-11(9-7-10)19(14,15)12-4-2-3-5-13(12)20(16,17)18/h2-9H,1H3,(H,16,17,18)/p-1. The van der Waals surface area contributed by atoms with Gasteiger partial charge in [-0.2, -0.15) is 0 Å². The molecule has 2 aromatic rings. The van der Waals surface area contributed by atoms with Crippen molar-refractivity contribution in [2.45, 2.75) is 21.6 Å². The van der Waals surface area contributed by atoms with Crippen LogP contribution in [0.25, 0.3) is 0 Å². The van der Waals surface area contributed by atoms with E-state index < -0.39 is 29.7 Å². The summed E-state index contributed by atoms with van der Waals surface area (Å²) < 4.78 is 58.3. The first kappa shape index (κ1) is 14.7. The molecular formula is C13H11O5S2-. The number of aryl methyl sites for hydroxylation is 1. The van der Waals surface area contributed by atoms with Crippen LogP contribution in [0.1, 0.15) is 5.56 Å². The van der Waals surface area contributed by atoms with E-state index in [0.29, 0.717) is 0 Å². The van der Waals surface area contributed by atoms with Gasteiger partial charge in [0.1, 0.15) is 10.1 Å². The number of rotatable bonds is 3. The molecule has 5 nitrogen and oxygen atoms in total. The summed E-state index contributed by atoms with van der Waals surface area (Å²) >= 11 is 0. The summed E-state index contributed by atoms with van der Waals surface area (Å²) in [5, 5.41) is 0. The lowest BCUT2D eigenvalue weighted by Gasteiger charge is -2.13. The molecule has 0 N–H and O–H groups in total. The van der Waals surface area contributed by atoms with Crippen molar-refractivity contribution in [2.75, 3.05) is 0 Å². The minimum absolute atomic E-state index is 0.0563. The quantitative estimate of drug-likeness (QED) is 0.805.